The molecule has 0 unspecified atom stereocenters. The minimum atomic E-state index is -0.351. The Labute approximate surface area is 86.9 Å². The molecule has 0 spiro atoms. The van der Waals surface area contributed by atoms with Crippen LogP contribution in [-0.2, 0) is 0 Å². The SMILES string of the molecule is CC(C)c1noc(-c2ccccc2F)n1. The second kappa shape index (κ2) is 3.81. The van der Waals surface area contributed by atoms with Crippen LogP contribution in [0.1, 0.15) is 25.6 Å². The second-order valence-corrected chi connectivity index (χ2v) is 3.59. The number of benzene rings is 1. The fraction of sp³-hybridized carbons (Fsp3) is 0.273. The Bertz CT molecular complexity index is 465. The minimum Gasteiger partial charge on any atom is -0.334 e. The molecule has 1 heterocycles. The van der Waals surface area contributed by atoms with E-state index in [1.54, 1.807) is 18.2 Å². The number of aromatic nitrogens is 2. The highest BCUT2D eigenvalue weighted by Gasteiger charge is 2.13. The normalized spacial score (nSPS) is 10.9. The molecule has 4 heteroatoms. The number of hydrogen-bond acceptors (Lipinski definition) is 3. The van der Waals surface area contributed by atoms with Gasteiger partial charge in [0.05, 0.1) is 5.56 Å². The van der Waals surface area contributed by atoms with Crippen molar-refractivity contribution in [2.45, 2.75) is 19.8 Å². The number of rotatable bonds is 2. The number of halogens is 1. The Hall–Kier alpha value is -1.71. The summed E-state index contributed by atoms with van der Waals surface area (Å²) >= 11 is 0. The summed E-state index contributed by atoms with van der Waals surface area (Å²) in [5.74, 6) is 0.649. The van der Waals surface area contributed by atoms with Crippen molar-refractivity contribution < 1.29 is 8.91 Å². The maximum atomic E-state index is 13.4. The van der Waals surface area contributed by atoms with E-state index in [9.17, 15) is 4.39 Å². The van der Waals surface area contributed by atoms with E-state index in [-0.39, 0.29) is 17.6 Å². The molecule has 0 atom stereocenters. The molecule has 78 valence electrons. The molecule has 1 aromatic carbocycles. The summed E-state index contributed by atoms with van der Waals surface area (Å²) < 4.78 is 18.3. The molecule has 2 aromatic rings. The molecule has 0 aliphatic heterocycles. The number of nitrogens with zero attached hydrogens (tertiary/aromatic N) is 2. The fourth-order valence-electron chi connectivity index (χ4n) is 1.21. The van der Waals surface area contributed by atoms with Gasteiger partial charge in [0, 0.05) is 5.92 Å². The standard InChI is InChI=1S/C11H11FN2O/c1-7(2)10-13-11(15-14-10)8-5-3-4-6-9(8)12/h3-7H,1-2H3. The first kappa shape index (κ1) is 9.83. The van der Waals surface area contributed by atoms with Crippen molar-refractivity contribution in [3.63, 3.8) is 0 Å². The van der Waals surface area contributed by atoms with E-state index in [1.165, 1.54) is 6.07 Å². The first-order chi connectivity index (χ1) is 7.18. The lowest BCUT2D eigenvalue weighted by atomic mass is 10.2. The van der Waals surface area contributed by atoms with Crippen molar-refractivity contribution in [1.82, 2.24) is 10.1 Å². The van der Waals surface area contributed by atoms with Crippen molar-refractivity contribution >= 4 is 0 Å². The molecule has 0 bridgehead atoms. The molecular formula is C11H11FN2O. The van der Waals surface area contributed by atoms with Gasteiger partial charge in [0.2, 0.25) is 0 Å². The lowest BCUT2D eigenvalue weighted by molar-refractivity contribution is 0.417. The smallest absolute Gasteiger partial charge is 0.260 e. The molecule has 3 nitrogen and oxygen atoms in total. The molecule has 2 rings (SSSR count). The van der Waals surface area contributed by atoms with Crippen LogP contribution in [0.2, 0.25) is 0 Å². The molecule has 0 fully saturated rings. The number of hydrogen-bond donors (Lipinski definition) is 0. The van der Waals surface area contributed by atoms with Crippen LogP contribution in [0.4, 0.5) is 4.39 Å². The van der Waals surface area contributed by atoms with E-state index in [0.29, 0.717) is 11.4 Å². The monoisotopic (exact) mass is 206 g/mol. The maximum absolute atomic E-state index is 13.4. The fourth-order valence-corrected chi connectivity index (χ4v) is 1.21. The van der Waals surface area contributed by atoms with Gasteiger partial charge in [-0.2, -0.15) is 4.98 Å². The Morgan fingerprint density at radius 1 is 1.27 bits per heavy atom. The van der Waals surface area contributed by atoms with Gasteiger partial charge in [-0.05, 0) is 12.1 Å². The van der Waals surface area contributed by atoms with Crippen LogP contribution in [0.5, 0.6) is 0 Å². The zero-order chi connectivity index (χ0) is 10.8. The summed E-state index contributed by atoms with van der Waals surface area (Å²) in [7, 11) is 0. The van der Waals surface area contributed by atoms with Crippen LogP contribution in [0, 0.1) is 5.82 Å². The highest BCUT2D eigenvalue weighted by molar-refractivity contribution is 5.53. The third kappa shape index (κ3) is 1.88. The molecule has 0 aliphatic rings. The van der Waals surface area contributed by atoms with E-state index in [2.05, 4.69) is 10.1 Å². The molecule has 1 aromatic heterocycles. The quantitative estimate of drug-likeness (QED) is 0.758. The van der Waals surface area contributed by atoms with E-state index >= 15 is 0 Å². The summed E-state index contributed by atoms with van der Waals surface area (Å²) in [5, 5.41) is 3.78. The van der Waals surface area contributed by atoms with Crippen LogP contribution >= 0.6 is 0 Å². The third-order valence-corrected chi connectivity index (χ3v) is 2.06. The van der Waals surface area contributed by atoms with E-state index in [1.807, 2.05) is 13.8 Å². The topological polar surface area (TPSA) is 38.9 Å². The summed E-state index contributed by atoms with van der Waals surface area (Å²) in [5.41, 5.74) is 0.344. The van der Waals surface area contributed by atoms with Gasteiger partial charge in [-0.1, -0.05) is 31.1 Å². The molecule has 0 radical (unpaired) electrons. The zero-order valence-corrected chi connectivity index (χ0v) is 8.57. The lowest BCUT2D eigenvalue weighted by Gasteiger charge is -1.95. The van der Waals surface area contributed by atoms with E-state index in [4.69, 9.17) is 4.52 Å². The Kier molecular flexibility index (Phi) is 2.49. The average molecular weight is 206 g/mol. The summed E-state index contributed by atoms with van der Waals surface area (Å²) in [4.78, 5) is 4.12. The van der Waals surface area contributed by atoms with Gasteiger partial charge in [0.15, 0.2) is 5.82 Å². The van der Waals surface area contributed by atoms with Crippen LogP contribution < -0.4 is 0 Å². The van der Waals surface area contributed by atoms with Crippen molar-refractivity contribution in [1.29, 1.82) is 0 Å². The van der Waals surface area contributed by atoms with Gasteiger partial charge in [0.1, 0.15) is 5.82 Å². The van der Waals surface area contributed by atoms with Crippen molar-refractivity contribution in [2.75, 3.05) is 0 Å². The van der Waals surface area contributed by atoms with Crippen LogP contribution in [0.25, 0.3) is 11.5 Å². The predicted octanol–water partition coefficient (Wildman–Crippen LogP) is 3.00. The van der Waals surface area contributed by atoms with Gasteiger partial charge in [-0.3, -0.25) is 0 Å². The Balaban J connectivity index is 2.42. The summed E-state index contributed by atoms with van der Waals surface area (Å²) in [6.07, 6.45) is 0. The predicted molar refractivity (Wildman–Crippen MR) is 53.8 cm³/mol. The largest absolute Gasteiger partial charge is 0.334 e. The molecule has 0 aliphatic carbocycles. The molecule has 0 saturated heterocycles. The highest BCUT2D eigenvalue weighted by atomic mass is 19.1. The first-order valence-corrected chi connectivity index (χ1v) is 4.77. The molecule has 15 heavy (non-hydrogen) atoms. The van der Waals surface area contributed by atoms with Crippen LogP contribution in [0.15, 0.2) is 28.8 Å². The minimum absolute atomic E-state index is 0.175. The zero-order valence-electron chi connectivity index (χ0n) is 8.57. The van der Waals surface area contributed by atoms with Crippen molar-refractivity contribution in [3.8, 4) is 11.5 Å². The Morgan fingerprint density at radius 3 is 2.60 bits per heavy atom. The molecule has 0 amide bonds. The van der Waals surface area contributed by atoms with Gasteiger partial charge in [-0.25, -0.2) is 4.39 Å². The lowest BCUT2D eigenvalue weighted by Crippen LogP contribution is -1.90. The summed E-state index contributed by atoms with van der Waals surface area (Å²) in [6, 6.07) is 6.34. The van der Waals surface area contributed by atoms with Gasteiger partial charge < -0.3 is 4.52 Å². The first-order valence-electron chi connectivity index (χ1n) is 4.77. The molecular weight excluding hydrogens is 195 g/mol. The second-order valence-electron chi connectivity index (χ2n) is 3.59. The van der Waals surface area contributed by atoms with Crippen LogP contribution in [0.3, 0.4) is 0 Å². The summed E-state index contributed by atoms with van der Waals surface area (Å²) in [6.45, 7) is 3.91. The van der Waals surface area contributed by atoms with E-state index in [0.717, 1.165) is 0 Å². The maximum Gasteiger partial charge on any atom is 0.260 e. The van der Waals surface area contributed by atoms with Crippen LogP contribution in [-0.4, -0.2) is 10.1 Å². The molecule has 0 N–H and O–H groups in total. The van der Waals surface area contributed by atoms with Crippen molar-refractivity contribution in [2.24, 2.45) is 0 Å². The van der Waals surface area contributed by atoms with E-state index < -0.39 is 0 Å². The van der Waals surface area contributed by atoms with Gasteiger partial charge in [0.25, 0.3) is 5.89 Å². The highest BCUT2D eigenvalue weighted by Crippen LogP contribution is 2.22. The Morgan fingerprint density at radius 2 is 2.00 bits per heavy atom. The average Bonchev–Trinajstić information content (AvgIpc) is 2.67. The van der Waals surface area contributed by atoms with Gasteiger partial charge >= 0.3 is 0 Å². The van der Waals surface area contributed by atoms with Crippen molar-refractivity contribution in [3.05, 3.63) is 35.9 Å². The third-order valence-electron chi connectivity index (χ3n) is 2.06. The molecule has 0 saturated carbocycles. The van der Waals surface area contributed by atoms with Gasteiger partial charge in [-0.15, -0.1) is 0 Å².